The van der Waals surface area contributed by atoms with E-state index in [2.05, 4.69) is 5.43 Å². The fraction of sp³-hybridized carbons (Fsp3) is 0.267. The topological polar surface area (TPSA) is 75.5 Å². The lowest BCUT2D eigenvalue weighted by molar-refractivity contribution is -0.383. The third-order valence-corrected chi connectivity index (χ3v) is 3.89. The van der Waals surface area contributed by atoms with E-state index >= 15 is 0 Å². The maximum Gasteiger partial charge on any atom is 0.409 e. The zero-order valence-electron chi connectivity index (χ0n) is 12.2. The zero-order valence-corrected chi connectivity index (χ0v) is 12.2. The van der Waals surface area contributed by atoms with Gasteiger partial charge in [-0.25, -0.2) is 5.01 Å². The van der Waals surface area contributed by atoms with E-state index in [0.717, 1.165) is 5.01 Å². The summed E-state index contributed by atoms with van der Waals surface area (Å²) in [4.78, 5) is 21.8. The number of alkyl halides is 3. The van der Waals surface area contributed by atoms with Gasteiger partial charge in [0.05, 0.1) is 10.3 Å². The predicted molar refractivity (Wildman–Crippen MR) is 78.9 cm³/mol. The van der Waals surface area contributed by atoms with E-state index in [1.165, 1.54) is 36.4 Å². The van der Waals surface area contributed by atoms with Gasteiger partial charge in [0.2, 0.25) is 5.91 Å². The number of halogens is 3. The second-order valence-corrected chi connectivity index (χ2v) is 5.40. The monoisotopic (exact) mass is 339 g/mol. The summed E-state index contributed by atoms with van der Waals surface area (Å²) in [6, 6.07) is 5.96. The van der Waals surface area contributed by atoms with Gasteiger partial charge >= 0.3 is 6.18 Å². The van der Waals surface area contributed by atoms with Crippen molar-refractivity contribution in [3.8, 4) is 0 Å². The highest BCUT2D eigenvalue weighted by atomic mass is 19.4. The van der Waals surface area contributed by atoms with Crippen molar-refractivity contribution in [1.82, 2.24) is 10.4 Å². The number of carbonyl (C=O) groups excluding carboxylic acids is 1. The van der Waals surface area contributed by atoms with Crippen molar-refractivity contribution in [2.45, 2.75) is 18.6 Å². The number of nitro groups is 1. The number of nitrogens with zero attached hydrogens (tertiary/aromatic N) is 2. The molecule has 9 heteroatoms. The molecule has 6 nitrogen and oxygen atoms in total. The molecule has 0 spiro atoms. The summed E-state index contributed by atoms with van der Waals surface area (Å²) in [5.41, 5.74) is 1.80. The fourth-order valence-corrected chi connectivity index (χ4v) is 2.92. The van der Waals surface area contributed by atoms with Crippen molar-refractivity contribution in [2.75, 3.05) is 6.54 Å². The van der Waals surface area contributed by atoms with Crippen LogP contribution < -0.4 is 5.43 Å². The predicted octanol–water partition coefficient (Wildman–Crippen LogP) is 3.09. The molecule has 1 atom stereocenters. The molecular formula is C15H12F3N3O3. The first-order valence-electron chi connectivity index (χ1n) is 7.08. The molecule has 1 aliphatic rings. The van der Waals surface area contributed by atoms with Crippen molar-refractivity contribution in [2.24, 2.45) is 0 Å². The summed E-state index contributed by atoms with van der Waals surface area (Å²) in [6.45, 7) is -0.0890. The number of carbonyl (C=O) groups is 1. The van der Waals surface area contributed by atoms with E-state index in [4.69, 9.17) is 0 Å². The number of non-ortho nitro benzene ring substituents is 1. The first-order chi connectivity index (χ1) is 11.3. The lowest BCUT2D eigenvalue weighted by Gasteiger charge is -2.30. The molecule has 1 aliphatic heterocycles. The van der Waals surface area contributed by atoms with Crippen LogP contribution in [0.3, 0.4) is 0 Å². The zero-order chi connectivity index (χ0) is 17.5. The van der Waals surface area contributed by atoms with Crippen LogP contribution in [0.4, 0.5) is 18.9 Å². The second kappa shape index (κ2) is 5.75. The van der Waals surface area contributed by atoms with Gasteiger partial charge < -0.3 is 0 Å². The Labute approximate surface area is 134 Å². The number of amides is 1. The number of nitrogens with one attached hydrogen (secondary N) is 1. The molecule has 1 heterocycles. The van der Waals surface area contributed by atoms with Crippen LogP contribution in [0.15, 0.2) is 36.4 Å². The molecule has 0 aromatic heterocycles. The summed E-state index contributed by atoms with van der Waals surface area (Å²) in [7, 11) is 0. The molecule has 0 aliphatic carbocycles. The van der Waals surface area contributed by atoms with Crippen LogP contribution in [0, 0.1) is 10.1 Å². The van der Waals surface area contributed by atoms with Crippen LogP contribution in [0.2, 0.25) is 0 Å². The van der Waals surface area contributed by atoms with E-state index in [9.17, 15) is 28.1 Å². The molecule has 1 amide bonds. The number of rotatable bonds is 3. The largest absolute Gasteiger partial charge is 0.409 e. The molecule has 24 heavy (non-hydrogen) atoms. The second-order valence-electron chi connectivity index (χ2n) is 5.40. The quantitative estimate of drug-likeness (QED) is 0.689. The van der Waals surface area contributed by atoms with E-state index in [1.807, 2.05) is 0 Å². The number of hydrogen-bond acceptors (Lipinski definition) is 4. The molecule has 1 N–H and O–H groups in total. The van der Waals surface area contributed by atoms with E-state index in [-0.39, 0.29) is 35.0 Å². The minimum Gasteiger partial charge on any atom is -0.288 e. The van der Waals surface area contributed by atoms with E-state index < -0.39 is 23.0 Å². The lowest BCUT2D eigenvalue weighted by atomic mass is 9.97. The third kappa shape index (κ3) is 2.78. The summed E-state index contributed by atoms with van der Waals surface area (Å²) >= 11 is 0. The van der Waals surface area contributed by atoms with Crippen LogP contribution in [0.1, 0.15) is 18.0 Å². The summed E-state index contributed by atoms with van der Waals surface area (Å²) < 4.78 is 40.9. The van der Waals surface area contributed by atoms with Crippen molar-refractivity contribution >= 4 is 22.4 Å². The van der Waals surface area contributed by atoms with Crippen LogP contribution >= 0.6 is 0 Å². The Morgan fingerprint density at radius 1 is 1.17 bits per heavy atom. The first-order valence-corrected chi connectivity index (χ1v) is 7.08. The summed E-state index contributed by atoms with van der Waals surface area (Å²) in [5.74, 6) is -0.490. The van der Waals surface area contributed by atoms with Crippen LogP contribution in [-0.4, -0.2) is 28.6 Å². The Morgan fingerprint density at radius 3 is 2.42 bits per heavy atom. The van der Waals surface area contributed by atoms with Gasteiger partial charge in [0.15, 0.2) is 6.04 Å². The van der Waals surface area contributed by atoms with Gasteiger partial charge in [-0.1, -0.05) is 24.3 Å². The van der Waals surface area contributed by atoms with Crippen molar-refractivity contribution in [1.29, 1.82) is 0 Å². The van der Waals surface area contributed by atoms with Gasteiger partial charge in [-0.3, -0.25) is 20.3 Å². The minimum atomic E-state index is -4.66. The van der Waals surface area contributed by atoms with Gasteiger partial charge in [0, 0.05) is 19.0 Å². The SMILES string of the molecule is O=C1CCN(C(c2cccc3c([N+](=O)[O-])cccc23)C(F)(F)F)N1. The number of nitro benzene ring substituents is 1. The maximum atomic E-state index is 13.6. The fourth-order valence-electron chi connectivity index (χ4n) is 2.92. The normalized spacial score (nSPS) is 17.0. The molecule has 1 fully saturated rings. The average Bonchev–Trinajstić information content (AvgIpc) is 2.91. The molecule has 2 aromatic carbocycles. The molecule has 2 aromatic rings. The van der Waals surface area contributed by atoms with Gasteiger partial charge in [0.25, 0.3) is 5.69 Å². The maximum absolute atomic E-state index is 13.6. The summed E-state index contributed by atoms with van der Waals surface area (Å²) in [6.07, 6.45) is -4.69. The Hall–Kier alpha value is -2.68. The molecular weight excluding hydrogens is 327 g/mol. The highest BCUT2D eigenvalue weighted by molar-refractivity contribution is 5.93. The summed E-state index contributed by atoms with van der Waals surface area (Å²) in [5, 5.41) is 12.2. The molecule has 0 radical (unpaired) electrons. The van der Waals surface area contributed by atoms with Crippen LogP contribution in [0.5, 0.6) is 0 Å². The average molecular weight is 339 g/mol. The molecule has 0 saturated carbocycles. The van der Waals surface area contributed by atoms with Crippen molar-refractivity contribution < 1.29 is 22.9 Å². The van der Waals surface area contributed by atoms with Gasteiger partial charge in [-0.2, -0.15) is 13.2 Å². The molecule has 3 rings (SSSR count). The Balaban J connectivity index is 2.20. The number of hydrazine groups is 1. The smallest absolute Gasteiger partial charge is 0.288 e. The van der Waals surface area contributed by atoms with Gasteiger partial charge in [-0.05, 0) is 17.0 Å². The highest BCUT2D eigenvalue weighted by Crippen LogP contribution is 2.41. The third-order valence-electron chi connectivity index (χ3n) is 3.89. The van der Waals surface area contributed by atoms with Crippen molar-refractivity contribution in [3.05, 3.63) is 52.1 Å². The molecule has 1 unspecified atom stereocenters. The van der Waals surface area contributed by atoms with E-state index in [1.54, 1.807) is 0 Å². The number of hydrogen-bond donors (Lipinski definition) is 1. The van der Waals surface area contributed by atoms with E-state index in [0.29, 0.717) is 0 Å². The Bertz CT molecular complexity index is 822. The Kier molecular flexibility index (Phi) is 3.88. The van der Waals surface area contributed by atoms with Crippen LogP contribution in [-0.2, 0) is 4.79 Å². The Morgan fingerprint density at radius 2 is 1.83 bits per heavy atom. The molecule has 126 valence electrons. The van der Waals surface area contributed by atoms with Gasteiger partial charge in [-0.15, -0.1) is 0 Å². The minimum absolute atomic E-state index is 0.0303. The van der Waals surface area contributed by atoms with Crippen LogP contribution in [0.25, 0.3) is 10.8 Å². The lowest BCUT2D eigenvalue weighted by Crippen LogP contribution is -2.43. The molecule has 1 saturated heterocycles. The highest BCUT2D eigenvalue weighted by Gasteiger charge is 2.47. The number of fused-ring (bicyclic) bond motifs is 1. The standard InChI is InChI=1S/C15H12F3N3O3/c16-15(17,18)14(20-8-7-13(22)19-20)11-5-1-4-10-9(11)3-2-6-12(10)21(23)24/h1-6,14H,7-8H2,(H,19,22). The number of benzene rings is 2. The van der Waals surface area contributed by atoms with Gasteiger partial charge in [0.1, 0.15) is 0 Å². The molecule has 0 bridgehead atoms. The first kappa shape index (κ1) is 16.2. The van der Waals surface area contributed by atoms with Crippen molar-refractivity contribution in [3.63, 3.8) is 0 Å².